The number of hydrogen-bond donors (Lipinski definition) is 2. The lowest BCUT2D eigenvalue weighted by molar-refractivity contribution is -0.147. The van der Waals surface area contributed by atoms with E-state index in [1.807, 2.05) is 0 Å². The predicted molar refractivity (Wildman–Crippen MR) is 64.4 cm³/mol. The minimum Gasteiger partial charge on any atom is -0.479 e. The van der Waals surface area contributed by atoms with Gasteiger partial charge in [0.2, 0.25) is 5.91 Å². The van der Waals surface area contributed by atoms with Gasteiger partial charge in [0.15, 0.2) is 5.54 Å². The molecule has 0 saturated heterocycles. The highest BCUT2D eigenvalue weighted by atomic mass is 16.4. The lowest BCUT2D eigenvalue weighted by Crippen LogP contribution is -2.50. The Balaban J connectivity index is 3.07. The van der Waals surface area contributed by atoms with Gasteiger partial charge in [-0.2, -0.15) is 0 Å². The fourth-order valence-electron chi connectivity index (χ4n) is 1.41. The summed E-state index contributed by atoms with van der Waals surface area (Å²) < 4.78 is 0. The van der Waals surface area contributed by atoms with Crippen LogP contribution in [0.3, 0.4) is 0 Å². The van der Waals surface area contributed by atoms with E-state index in [2.05, 4.69) is 5.32 Å². The van der Waals surface area contributed by atoms with E-state index in [1.165, 1.54) is 6.92 Å². The molecule has 1 aromatic carbocycles. The Morgan fingerprint density at radius 1 is 1.24 bits per heavy atom. The highest BCUT2D eigenvalue weighted by molar-refractivity contribution is 5.88. The molecule has 0 aromatic heterocycles. The van der Waals surface area contributed by atoms with Crippen molar-refractivity contribution < 1.29 is 14.7 Å². The molecule has 0 heterocycles. The quantitative estimate of drug-likeness (QED) is 0.835. The van der Waals surface area contributed by atoms with Crippen molar-refractivity contribution in [2.45, 2.75) is 26.3 Å². The van der Waals surface area contributed by atoms with Crippen molar-refractivity contribution in [1.29, 1.82) is 0 Å². The topological polar surface area (TPSA) is 66.4 Å². The number of carboxylic acid groups (broad SMARTS) is 1. The van der Waals surface area contributed by atoms with Gasteiger partial charge in [-0.25, -0.2) is 4.79 Å². The number of benzene rings is 1. The number of hydrogen-bond acceptors (Lipinski definition) is 2. The maximum absolute atomic E-state index is 11.7. The van der Waals surface area contributed by atoms with Crippen LogP contribution in [0.2, 0.25) is 0 Å². The average Bonchev–Trinajstić information content (AvgIpc) is 2.29. The number of amides is 1. The van der Waals surface area contributed by atoms with Gasteiger partial charge in [-0.1, -0.05) is 44.2 Å². The molecule has 1 amide bonds. The van der Waals surface area contributed by atoms with Crippen LogP contribution >= 0.6 is 0 Å². The molecule has 0 aliphatic heterocycles. The van der Waals surface area contributed by atoms with Crippen molar-refractivity contribution >= 4 is 11.9 Å². The molecule has 4 nitrogen and oxygen atoms in total. The van der Waals surface area contributed by atoms with Crippen molar-refractivity contribution in [3.63, 3.8) is 0 Å². The summed E-state index contributed by atoms with van der Waals surface area (Å²) in [5.74, 6) is -1.60. The number of aliphatic carboxylic acids is 1. The SMILES string of the molecule is CC(C)C(=O)NC(C)(C(=O)O)c1ccccc1. The summed E-state index contributed by atoms with van der Waals surface area (Å²) in [6, 6.07) is 8.68. The predicted octanol–water partition coefficient (Wildman–Crippen LogP) is 1.76. The Morgan fingerprint density at radius 3 is 2.18 bits per heavy atom. The monoisotopic (exact) mass is 235 g/mol. The molecule has 17 heavy (non-hydrogen) atoms. The molecule has 0 spiro atoms. The van der Waals surface area contributed by atoms with Crippen molar-refractivity contribution in [2.24, 2.45) is 5.92 Å². The van der Waals surface area contributed by atoms with Crippen LogP contribution in [0.1, 0.15) is 26.3 Å². The molecule has 2 N–H and O–H groups in total. The normalized spacial score (nSPS) is 14.1. The summed E-state index contributed by atoms with van der Waals surface area (Å²) in [4.78, 5) is 23.0. The van der Waals surface area contributed by atoms with E-state index in [1.54, 1.807) is 44.2 Å². The molecule has 1 rings (SSSR count). The van der Waals surface area contributed by atoms with Crippen LogP contribution in [-0.2, 0) is 15.1 Å². The Labute approximate surface area is 101 Å². The van der Waals surface area contributed by atoms with Gasteiger partial charge in [0.1, 0.15) is 0 Å². The zero-order chi connectivity index (χ0) is 13.1. The second kappa shape index (κ2) is 4.99. The van der Waals surface area contributed by atoms with Crippen molar-refractivity contribution in [3.05, 3.63) is 35.9 Å². The van der Waals surface area contributed by atoms with Gasteiger partial charge < -0.3 is 10.4 Å². The summed E-state index contributed by atoms with van der Waals surface area (Å²) in [5, 5.41) is 11.9. The van der Waals surface area contributed by atoms with E-state index in [-0.39, 0.29) is 11.8 Å². The zero-order valence-corrected chi connectivity index (χ0v) is 10.2. The lowest BCUT2D eigenvalue weighted by atomic mass is 9.91. The third-order valence-corrected chi connectivity index (χ3v) is 2.68. The van der Waals surface area contributed by atoms with Crippen LogP contribution in [0.15, 0.2) is 30.3 Å². The standard InChI is InChI=1S/C13H17NO3/c1-9(2)11(15)14-13(3,12(16)17)10-7-5-4-6-8-10/h4-9H,1-3H3,(H,14,15)(H,16,17). The highest BCUT2D eigenvalue weighted by Crippen LogP contribution is 2.21. The van der Waals surface area contributed by atoms with Gasteiger partial charge in [0, 0.05) is 5.92 Å². The fourth-order valence-corrected chi connectivity index (χ4v) is 1.41. The number of nitrogens with one attached hydrogen (secondary N) is 1. The largest absolute Gasteiger partial charge is 0.479 e. The van der Waals surface area contributed by atoms with E-state index in [4.69, 9.17) is 0 Å². The van der Waals surface area contributed by atoms with E-state index < -0.39 is 11.5 Å². The van der Waals surface area contributed by atoms with Crippen LogP contribution in [0.5, 0.6) is 0 Å². The Morgan fingerprint density at radius 2 is 1.76 bits per heavy atom. The smallest absolute Gasteiger partial charge is 0.333 e. The van der Waals surface area contributed by atoms with Crippen LogP contribution in [-0.4, -0.2) is 17.0 Å². The third-order valence-electron chi connectivity index (χ3n) is 2.68. The second-order valence-electron chi connectivity index (χ2n) is 4.44. The second-order valence-corrected chi connectivity index (χ2v) is 4.44. The molecule has 1 aromatic rings. The van der Waals surface area contributed by atoms with Gasteiger partial charge in [-0.3, -0.25) is 4.79 Å². The maximum Gasteiger partial charge on any atom is 0.333 e. The zero-order valence-electron chi connectivity index (χ0n) is 10.2. The molecule has 1 unspecified atom stereocenters. The number of carbonyl (C=O) groups is 2. The van der Waals surface area contributed by atoms with Gasteiger partial charge >= 0.3 is 5.97 Å². The molecule has 0 saturated carbocycles. The molecule has 92 valence electrons. The Bertz CT molecular complexity index is 414. The van der Waals surface area contributed by atoms with Crippen molar-refractivity contribution in [2.75, 3.05) is 0 Å². The number of rotatable bonds is 4. The van der Waals surface area contributed by atoms with Gasteiger partial charge in [0.05, 0.1) is 0 Å². The van der Waals surface area contributed by atoms with Crippen LogP contribution in [0.4, 0.5) is 0 Å². The van der Waals surface area contributed by atoms with Crippen LogP contribution in [0.25, 0.3) is 0 Å². The summed E-state index contributed by atoms with van der Waals surface area (Å²) in [6.45, 7) is 4.94. The number of carboxylic acids is 1. The van der Waals surface area contributed by atoms with Crippen molar-refractivity contribution in [3.8, 4) is 0 Å². The molecular weight excluding hydrogens is 218 g/mol. The molecule has 0 radical (unpaired) electrons. The summed E-state index contributed by atoms with van der Waals surface area (Å²) >= 11 is 0. The fraction of sp³-hybridized carbons (Fsp3) is 0.385. The first-order valence-electron chi connectivity index (χ1n) is 5.49. The summed E-state index contributed by atoms with van der Waals surface area (Å²) in [5.41, 5.74) is -0.829. The highest BCUT2D eigenvalue weighted by Gasteiger charge is 2.37. The van der Waals surface area contributed by atoms with Crippen LogP contribution in [0, 0.1) is 5.92 Å². The van der Waals surface area contributed by atoms with Gasteiger partial charge in [0.25, 0.3) is 0 Å². The minimum atomic E-state index is -1.39. The summed E-state index contributed by atoms with van der Waals surface area (Å²) in [7, 11) is 0. The lowest BCUT2D eigenvalue weighted by Gasteiger charge is -2.27. The molecule has 1 atom stereocenters. The molecule has 0 bridgehead atoms. The Hall–Kier alpha value is -1.84. The summed E-state index contributed by atoms with van der Waals surface area (Å²) in [6.07, 6.45) is 0. The molecule has 0 aliphatic carbocycles. The first-order chi connectivity index (χ1) is 7.88. The van der Waals surface area contributed by atoms with Crippen LogP contribution < -0.4 is 5.32 Å². The third kappa shape index (κ3) is 2.84. The first kappa shape index (κ1) is 13.2. The average molecular weight is 235 g/mol. The Kier molecular flexibility index (Phi) is 3.89. The maximum atomic E-state index is 11.7. The van der Waals surface area contributed by atoms with E-state index >= 15 is 0 Å². The van der Waals surface area contributed by atoms with E-state index in [0.717, 1.165) is 0 Å². The first-order valence-corrected chi connectivity index (χ1v) is 5.49. The molecule has 0 aliphatic rings. The molecular formula is C13H17NO3. The van der Waals surface area contributed by atoms with E-state index in [9.17, 15) is 14.7 Å². The molecule has 0 fully saturated rings. The van der Waals surface area contributed by atoms with Crippen molar-refractivity contribution in [1.82, 2.24) is 5.32 Å². The number of carbonyl (C=O) groups excluding carboxylic acids is 1. The van der Waals surface area contributed by atoms with Gasteiger partial charge in [-0.05, 0) is 12.5 Å². The van der Waals surface area contributed by atoms with Gasteiger partial charge in [-0.15, -0.1) is 0 Å². The van der Waals surface area contributed by atoms with E-state index in [0.29, 0.717) is 5.56 Å². The molecule has 4 heteroatoms. The minimum absolute atomic E-state index is 0.252.